The van der Waals surface area contributed by atoms with Gasteiger partial charge < -0.3 is 14.8 Å². The Morgan fingerprint density at radius 2 is 2.20 bits per heavy atom. The molecule has 1 atom stereocenters. The molecule has 1 N–H and O–H groups in total. The van der Waals surface area contributed by atoms with Crippen LogP contribution in [-0.2, 0) is 17.9 Å². The molecule has 0 spiro atoms. The summed E-state index contributed by atoms with van der Waals surface area (Å²) in [6.45, 7) is 4.24. The van der Waals surface area contributed by atoms with Gasteiger partial charge in [0.15, 0.2) is 0 Å². The first-order valence-electron chi connectivity index (χ1n) is 9.00. The van der Waals surface area contributed by atoms with Gasteiger partial charge in [-0.15, -0.1) is 0 Å². The third kappa shape index (κ3) is 2.92. The van der Waals surface area contributed by atoms with E-state index in [1.807, 2.05) is 19.3 Å². The summed E-state index contributed by atoms with van der Waals surface area (Å²) in [6.07, 6.45) is 8.22. The molecule has 2 aromatic heterocycles. The first-order chi connectivity index (χ1) is 12.1. The van der Waals surface area contributed by atoms with E-state index in [9.17, 15) is 4.79 Å². The number of imidazole rings is 1. The quantitative estimate of drug-likeness (QED) is 0.904. The molecule has 2 fully saturated rings. The van der Waals surface area contributed by atoms with Gasteiger partial charge in [-0.3, -0.25) is 4.79 Å². The standard InChI is InChI=1S/C17H22N6OS/c1-17(4-5-17)15(24)19-12-8-22-7-6-18-13(22)10-23(9-12)16-20-14(21-25-16)11-2-3-11/h6-7,11-12H,2-5,8-10H2,1H3,(H,19,24). The van der Waals surface area contributed by atoms with Crippen molar-refractivity contribution < 1.29 is 4.79 Å². The largest absolute Gasteiger partial charge is 0.349 e. The number of carbonyl (C=O) groups is 1. The summed E-state index contributed by atoms with van der Waals surface area (Å²) >= 11 is 1.46. The molecule has 2 aromatic rings. The molecule has 0 radical (unpaired) electrons. The third-order valence-electron chi connectivity index (χ3n) is 5.52. The first kappa shape index (κ1) is 15.3. The fraction of sp³-hybridized carbons (Fsp3) is 0.647. The number of hydrogen-bond donors (Lipinski definition) is 1. The third-order valence-corrected chi connectivity index (χ3v) is 6.31. The van der Waals surface area contributed by atoms with E-state index in [1.54, 1.807) is 0 Å². The van der Waals surface area contributed by atoms with Gasteiger partial charge in [-0.1, -0.05) is 6.92 Å². The number of amides is 1. The van der Waals surface area contributed by atoms with Crippen LogP contribution in [0.25, 0.3) is 0 Å². The highest BCUT2D eigenvalue weighted by Gasteiger charge is 2.45. The number of nitrogens with zero attached hydrogens (tertiary/aromatic N) is 5. The van der Waals surface area contributed by atoms with Gasteiger partial charge in [0.1, 0.15) is 11.6 Å². The Hall–Kier alpha value is -1.96. The Morgan fingerprint density at radius 3 is 2.96 bits per heavy atom. The highest BCUT2D eigenvalue weighted by Crippen LogP contribution is 2.45. The van der Waals surface area contributed by atoms with Crippen molar-refractivity contribution in [1.82, 2.24) is 24.2 Å². The molecular formula is C17H22N6OS. The zero-order chi connectivity index (χ0) is 17.0. The maximum absolute atomic E-state index is 12.5. The Labute approximate surface area is 150 Å². The molecule has 2 aliphatic carbocycles. The lowest BCUT2D eigenvalue weighted by Gasteiger charge is -2.25. The smallest absolute Gasteiger partial charge is 0.226 e. The number of rotatable bonds is 4. The molecule has 1 unspecified atom stereocenters. The summed E-state index contributed by atoms with van der Waals surface area (Å²) in [5.74, 6) is 2.73. The van der Waals surface area contributed by atoms with Crippen molar-refractivity contribution in [3.63, 3.8) is 0 Å². The molecule has 8 heteroatoms. The van der Waals surface area contributed by atoms with Crippen LogP contribution in [-0.4, -0.2) is 37.4 Å². The molecule has 132 valence electrons. The molecule has 3 aliphatic rings. The molecule has 25 heavy (non-hydrogen) atoms. The monoisotopic (exact) mass is 358 g/mol. The zero-order valence-corrected chi connectivity index (χ0v) is 15.1. The highest BCUT2D eigenvalue weighted by molar-refractivity contribution is 7.09. The van der Waals surface area contributed by atoms with Crippen LogP contribution in [0.15, 0.2) is 12.4 Å². The molecule has 3 heterocycles. The van der Waals surface area contributed by atoms with Gasteiger partial charge in [0.2, 0.25) is 11.0 Å². The zero-order valence-electron chi connectivity index (χ0n) is 14.3. The molecule has 1 aliphatic heterocycles. The van der Waals surface area contributed by atoms with Crippen molar-refractivity contribution in [3.05, 3.63) is 24.0 Å². The second-order valence-electron chi connectivity index (χ2n) is 7.82. The minimum absolute atomic E-state index is 0.0497. The maximum Gasteiger partial charge on any atom is 0.226 e. The summed E-state index contributed by atoms with van der Waals surface area (Å²) in [5, 5.41) is 4.20. The molecular weight excluding hydrogens is 336 g/mol. The van der Waals surface area contributed by atoms with Crippen molar-refractivity contribution in [2.75, 3.05) is 11.4 Å². The maximum atomic E-state index is 12.5. The Bertz CT molecular complexity index is 806. The number of hydrogen-bond acceptors (Lipinski definition) is 6. The van der Waals surface area contributed by atoms with E-state index in [1.165, 1.54) is 24.4 Å². The lowest BCUT2D eigenvalue weighted by atomic mass is 10.1. The summed E-state index contributed by atoms with van der Waals surface area (Å²) in [5.41, 5.74) is -0.156. The number of carbonyl (C=O) groups excluding carboxylic acids is 1. The summed E-state index contributed by atoms with van der Waals surface area (Å²) in [4.78, 5) is 24.0. The fourth-order valence-corrected chi connectivity index (χ4v) is 4.08. The van der Waals surface area contributed by atoms with E-state index < -0.39 is 0 Å². The highest BCUT2D eigenvalue weighted by atomic mass is 32.1. The number of anilines is 1. The minimum atomic E-state index is -0.156. The van der Waals surface area contributed by atoms with Gasteiger partial charge in [0, 0.05) is 48.3 Å². The SMILES string of the molecule is CC1(C(=O)NC2CN(c3nc(C4CC4)ns3)Cc3nccn3C2)CC1. The number of fused-ring (bicyclic) bond motifs is 1. The van der Waals surface area contributed by atoms with Gasteiger partial charge in [-0.2, -0.15) is 4.37 Å². The van der Waals surface area contributed by atoms with Crippen LogP contribution >= 0.6 is 11.5 Å². The van der Waals surface area contributed by atoms with E-state index in [4.69, 9.17) is 4.98 Å². The van der Waals surface area contributed by atoms with Crippen molar-refractivity contribution >= 4 is 22.6 Å². The molecule has 1 amide bonds. The van der Waals surface area contributed by atoms with Crippen molar-refractivity contribution in [2.45, 2.75) is 57.7 Å². The number of aromatic nitrogens is 4. The van der Waals surface area contributed by atoms with E-state index in [0.29, 0.717) is 12.5 Å². The van der Waals surface area contributed by atoms with Crippen LogP contribution in [0.4, 0.5) is 5.13 Å². The molecule has 0 saturated heterocycles. The minimum Gasteiger partial charge on any atom is -0.349 e. The summed E-state index contributed by atoms with van der Waals surface area (Å²) < 4.78 is 6.68. The molecule has 0 bridgehead atoms. The van der Waals surface area contributed by atoms with Crippen molar-refractivity contribution in [2.24, 2.45) is 5.41 Å². The Balaban J connectivity index is 1.39. The van der Waals surface area contributed by atoms with Gasteiger partial charge in [-0.25, -0.2) is 9.97 Å². The van der Waals surface area contributed by atoms with Crippen LogP contribution in [0.2, 0.25) is 0 Å². The topological polar surface area (TPSA) is 75.9 Å². The van der Waals surface area contributed by atoms with E-state index >= 15 is 0 Å². The summed E-state index contributed by atoms with van der Waals surface area (Å²) in [7, 11) is 0. The fourth-order valence-electron chi connectivity index (χ4n) is 3.33. The predicted molar refractivity (Wildman–Crippen MR) is 94.4 cm³/mol. The van der Waals surface area contributed by atoms with Gasteiger partial charge in [0.25, 0.3) is 0 Å². The van der Waals surface area contributed by atoms with Crippen LogP contribution < -0.4 is 10.2 Å². The predicted octanol–water partition coefficient (Wildman–Crippen LogP) is 1.92. The van der Waals surface area contributed by atoms with Crippen LogP contribution in [0, 0.1) is 5.41 Å². The molecule has 2 saturated carbocycles. The molecule has 0 aromatic carbocycles. The summed E-state index contributed by atoms with van der Waals surface area (Å²) in [6, 6.07) is 0.0497. The second kappa shape index (κ2) is 5.52. The van der Waals surface area contributed by atoms with E-state index in [0.717, 1.165) is 42.7 Å². The Morgan fingerprint density at radius 1 is 1.36 bits per heavy atom. The van der Waals surface area contributed by atoms with Gasteiger partial charge in [-0.05, 0) is 25.7 Å². The lowest BCUT2D eigenvalue weighted by molar-refractivity contribution is -0.126. The van der Waals surface area contributed by atoms with Crippen molar-refractivity contribution in [1.29, 1.82) is 0 Å². The first-order valence-corrected chi connectivity index (χ1v) is 9.78. The molecule has 5 rings (SSSR count). The average Bonchev–Trinajstić information content (AvgIpc) is 3.50. The van der Waals surface area contributed by atoms with E-state index in [-0.39, 0.29) is 17.4 Å². The van der Waals surface area contributed by atoms with Gasteiger partial charge >= 0.3 is 0 Å². The van der Waals surface area contributed by atoms with E-state index in [2.05, 4.69) is 24.1 Å². The van der Waals surface area contributed by atoms with Crippen LogP contribution in [0.3, 0.4) is 0 Å². The molecule has 7 nitrogen and oxygen atoms in total. The second-order valence-corrected chi connectivity index (χ2v) is 8.55. The normalized spacial score (nSPS) is 24.5. The van der Waals surface area contributed by atoms with Crippen LogP contribution in [0.1, 0.15) is 50.2 Å². The van der Waals surface area contributed by atoms with Gasteiger partial charge in [0.05, 0.1) is 12.6 Å². The van der Waals surface area contributed by atoms with Crippen LogP contribution in [0.5, 0.6) is 0 Å². The number of nitrogens with one attached hydrogen (secondary N) is 1. The lowest BCUT2D eigenvalue weighted by Crippen LogP contribution is -2.46. The average molecular weight is 358 g/mol. The van der Waals surface area contributed by atoms with Crippen molar-refractivity contribution in [3.8, 4) is 0 Å². The Kier molecular flexibility index (Phi) is 3.38.